The molecule has 0 aliphatic heterocycles. The van der Waals surface area contributed by atoms with Crippen LogP contribution in [0.2, 0.25) is 0 Å². The molecule has 0 aliphatic carbocycles. The Kier molecular flexibility index (Phi) is 2.71. The van der Waals surface area contributed by atoms with E-state index >= 15 is 0 Å². The van der Waals surface area contributed by atoms with Gasteiger partial charge in [0.05, 0.1) is 0 Å². The number of halogens is 3. The molecule has 0 saturated carbocycles. The van der Waals surface area contributed by atoms with Crippen molar-refractivity contribution in [3.05, 3.63) is 0 Å². The summed E-state index contributed by atoms with van der Waals surface area (Å²) in [6.07, 6.45) is 0. The van der Waals surface area contributed by atoms with E-state index < -0.39 is 17.7 Å². The van der Waals surface area contributed by atoms with Crippen molar-refractivity contribution in [3.63, 3.8) is 0 Å². The topological polar surface area (TPSA) is 43.4 Å². The second kappa shape index (κ2) is 2.92. The van der Waals surface area contributed by atoms with Crippen molar-refractivity contribution in [1.29, 1.82) is 0 Å². The minimum atomic E-state index is -4.12. The summed E-state index contributed by atoms with van der Waals surface area (Å²) >= 11 is 4.30. The van der Waals surface area contributed by atoms with Crippen molar-refractivity contribution in [2.45, 2.75) is 12.8 Å². The highest BCUT2D eigenvalue weighted by atomic mass is 35.5. The summed E-state index contributed by atoms with van der Waals surface area (Å²) in [5, 5.41) is 0. The molecule has 0 unspecified atom stereocenters. The van der Waals surface area contributed by atoms with Crippen LogP contribution in [0.3, 0.4) is 0 Å². The second-order valence-electron chi connectivity index (χ2n) is 1.50. The monoisotopic (exact) mass is 172 g/mol. The number of carbonyl (C=O) groups excluding carboxylic acids is 2. The third kappa shape index (κ3) is 1.63. The van der Waals surface area contributed by atoms with Crippen LogP contribution in [0.5, 0.6) is 0 Å². The fraction of sp³-hybridized carbons (Fsp3) is 0.500. The molecule has 0 aromatic heterocycles. The van der Waals surface area contributed by atoms with E-state index in [-0.39, 0.29) is 0 Å². The SMILES string of the molecule is CC(=O)C(F)(F)C(=O)OCl. The highest BCUT2D eigenvalue weighted by Gasteiger charge is 2.46. The van der Waals surface area contributed by atoms with E-state index in [1.807, 2.05) is 0 Å². The van der Waals surface area contributed by atoms with E-state index in [4.69, 9.17) is 0 Å². The lowest BCUT2D eigenvalue weighted by Crippen LogP contribution is -2.36. The summed E-state index contributed by atoms with van der Waals surface area (Å²) in [5.74, 6) is -7.78. The number of alkyl halides is 2. The molecule has 10 heavy (non-hydrogen) atoms. The molecule has 0 spiro atoms. The van der Waals surface area contributed by atoms with Crippen LogP contribution in [0.4, 0.5) is 8.78 Å². The molecule has 0 rings (SSSR count). The molecule has 0 atom stereocenters. The van der Waals surface area contributed by atoms with Crippen LogP contribution in [0, 0.1) is 0 Å². The molecule has 0 heterocycles. The fourth-order valence-electron chi connectivity index (χ4n) is 0.192. The number of hydrogen-bond acceptors (Lipinski definition) is 3. The molecule has 0 aromatic rings. The highest BCUT2D eigenvalue weighted by Crippen LogP contribution is 2.16. The summed E-state index contributed by atoms with van der Waals surface area (Å²) in [5.41, 5.74) is 0. The largest absolute Gasteiger partial charge is 0.403 e. The van der Waals surface area contributed by atoms with Crippen molar-refractivity contribution >= 4 is 23.6 Å². The summed E-state index contributed by atoms with van der Waals surface area (Å²) in [6, 6.07) is 0. The van der Waals surface area contributed by atoms with Gasteiger partial charge in [-0.05, 0) is 0 Å². The van der Waals surface area contributed by atoms with Gasteiger partial charge in [0.15, 0.2) is 0 Å². The van der Waals surface area contributed by atoms with Gasteiger partial charge in [-0.3, -0.25) is 4.79 Å². The molecular weight excluding hydrogens is 169 g/mol. The Morgan fingerprint density at radius 3 is 2.00 bits per heavy atom. The molecule has 0 fully saturated rings. The molecule has 0 saturated heterocycles. The summed E-state index contributed by atoms with van der Waals surface area (Å²) in [6.45, 7) is 0.563. The average molecular weight is 173 g/mol. The van der Waals surface area contributed by atoms with Gasteiger partial charge in [-0.15, -0.1) is 0 Å². The molecule has 0 N–H and O–H groups in total. The summed E-state index contributed by atoms with van der Waals surface area (Å²) in [7, 11) is 0. The van der Waals surface area contributed by atoms with Crippen molar-refractivity contribution < 1.29 is 22.7 Å². The van der Waals surface area contributed by atoms with Gasteiger partial charge in [-0.2, -0.15) is 8.78 Å². The lowest BCUT2D eigenvalue weighted by Gasteiger charge is -2.05. The van der Waals surface area contributed by atoms with Crippen LogP contribution < -0.4 is 0 Å². The van der Waals surface area contributed by atoms with Crippen LogP contribution in [0.25, 0.3) is 0 Å². The van der Waals surface area contributed by atoms with Gasteiger partial charge in [0.1, 0.15) is 11.9 Å². The first-order valence-corrected chi connectivity index (χ1v) is 2.45. The van der Waals surface area contributed by atoms with Crippen LogP contribution in [-0.2, 0) is 13.9 Å². The minimum absolute atomic E-state index is 0.563. The Morgan fingerprint density at radius 2 is 1.90 bits per heavy atom. The summed E-state index contributed by atoms with van der Waals surface area (Å²) < 4.78 is 27.2. The van der Waals surface area contributed by atoms with Gasteiger partial charge in [0, 0.05) is 6.92 Å². The van der Waals surface area contributed by atoms with E-state index in [1.54, 1.807) is 0 Å². The van der Waals surface area contributed by atoms with Crippen LogP contribution in [0.15, 0.2) is 0 Å². The van der Waals surface area contributed by atoms with Gasteiger partial charge in [0.2, 0.25) is 5.78 Å². The molecule has 0 radical (unpaired) electrons. The zero-order valence-corrected chi connectivity index (χ0v) is 5.61. The predicted molar refractivity (Wildman–Crippen MR) is 27.6 cm³/mol. The normalized spacial score (nSPS) is 10.8. The first-order chi connectivity index (χ1) is 4.42. The summed E-state index contributed by atoms with van der Waals surface area (Å²) in [4.78, 5) is 19.9. The first kappa shape index (κ1) is 9.29. The van der Waals surface area contributed by atoms with Crippen LogP contribution in [0.1, 0.15) is 6.92 Å². The second-order valence-corrected chi connectivity index (χ2v) is 1.65. The van der Waals surface area contributed by atoms with E-state index in [1.165, 1.54) is 0 Å². The number of hydrogen-bond donors (Lipinski definition) is 0. The zero-order chi connectivity index (χ0) is 8.36. The van der Waals surface area contributed by atoms with E-state index in [0.29, 0.717) is 6.92 Å². The highest BCUT2D eigenvalue weighted by molar-refractivity contribution is 6.17. The predicted octanol–water partition coefficient (Wildman–Crippen LogP) is 0.908. The van der Waals surface area contributed by atoms with Crippen LogP contribution in [-0.4, -0.2) is 17.7 Å². The number of rotatable bonds is 2. The lowest BCUT2D eigenvalue weighted by molar-refractivity contribution is -0.167. The van der Waals surface area contributed by atoms with Crippen molar-refractivity contribution in [2.75, 3.05) is 0 Å². The maximum atomic E-state index is 12.0. The van der Waals surface area contributed by atoms with Gasteiger partial charge in [-0.1, -0.05) is 0 Å². The Morgan fingerprint density at radius 1 is 1.50 bits per heavy atom. The Labute approximate surface area is 60.1 Å². The maximum absolute atomic E-state index is 12.0. The number of Topliss-reactive ketones (excluding diaryl/α,β-unsaturated/α-hetero) is 1. The molecule has 0 aliphatic rings. The maximum Gasteiger partial charge on any atom is 0.403 e. The molecule has 58 valence electrons. The fourth-order valence-corrected chi connectivity index (χ4v) is 0.289. The Hall–Kier alpha value is -0.710. The molecule has 3 nitrogen and oxygen atoms in total. The Balaban J connectivity index is 4.40. The minimum Gasteiger partial charge on any atom is -0.342 e. The average Bonchev–Trinajstić information content (AvgIpc) is 1.86. The first-order valence-electron chi connectivity index (χ1n) is 2.14. The smallest absolute Gasteiger partial charge is 0.342 e. The lowest BCUT2D eigenvalue weighted by atomic mass is 10.2. The number of carbonyl (C=O) groups is 2. The van der Waals surface area contributed by atoms with E-state index in [2.05, 4.69) is 16.2 Å². The van der Waals surface area contributed by atoms with Gasteiger partial charge < -0.3 is 4.29 Å². The van der Waals surface area contributed by atoms with Crippen LogP contribution >= 0.6 is 11.9 Å². The van der Waals surface area contributed by atoms with Crippen molar-refractivity contribution in [2.24, 2.45) is 0 Å². The molecule has 0 aromatic carbocycles. The zero-order valence-electron chi connectivity index (χ0n) is 4.86. The van der Waals surface area contributed by atoms with Crippen molar-refractivity contribution in [3.8, 4) is 0 Å². The van der Waals surface area contributed by atoms with Gasteiger partial charge in [0.25, 0.3) is 0 Å². The third-order valence-electron chi connectivity index (χ3n) is 0.769. The standard InChI is InChI=1S/C4H3ClF2O3/c1-2(8)4(6,7)3(9)10-5/h1H3. The third-order valence-corrected chi connectivity index (χ3v) is 0.909. The molecule has 0 bridgehead atoms. The van der Waals surface area contributed by atoms with Gasteiger partial charge in [-0.25, -0.2) is 4.79 Å². The quantitative estimate of drug-likeness (QED) is 0.582. The molecule has 6 heteroatoms. The number of ketones is 1. The van der Waals surface area contributed by atoms with Crippen molar-refractivity contribution in [1.82, 2.24) is 0 Å². The Bertz CT molecular complexity index is 168. The van der Waals surface area contributed by atoms with Gasteiger partial charge >= 0.3 is 11.9 Å². The molecular formula is C4H3ClF2O3. The van der Waals surface area contributed by atoms with E-state index in [9.17, 15) is 18.4 Å². The van der Waals surface area contributed by atoms with E-state index in [0.717, 1.165) is 0 Å². The molecule has 0 amide bonds.